The minimum Gasteiger partial charge on any atom is -0.419 e. The standard InChI is InChI=1S/C22H26N4O2S/c1-2-12-26(16-19-23-24-21(28-19)18-11-8-15-29-18)20(17-9-4-3-5-10-17)22(27)25-13-6-7-14-25/h3-5,8-11,15,20H,2,6-7,12-14,16H2,1H3/t20-/m0/s1. The number of nitrogens with zero attached hydrogens (tertiary/aromatic N) is 4. The minimum atomic E-state index is -0.341. The number of carbonyl (C=O) groups excluding carboxylic acids is 1. The molecule has 0 N–H and O–H groups in total. The van der Waals surface area contributed by atoms with Crippen molar-refractivity contribution < 1.29 is 9.21 Å². The number of amides is 1. The van der Waals surface area contributed by atoms with Crippen LogP contribution in [0.1, 0.15) is 43.7 Å². The van der Waals surface area contributed by atoms with Crippen molar-refractivity contribution in [2.24, 2.45) is 0 Å². The van der Waals surface area contributed by atoms with E-state index in [9.17, 15) is 4.79 Å². The fraction of sp³-hybridized carbons (Fsp3) is 0.409. The van der Waals surface area contributed by atoms with E-state index in [0.29, 0.717) is 18.3 Å². The van der Waals surface area contributed by atoms with Crippen LogP contribution >= 0.6 is 11.3 Å². The first kappa shape index (κ1) is 19.8. The second kappa shape index (κ2) is 9.33. The average molecular weight is 411 g/mol. The summed E-state index contributed by atoms with van der Waals surface area (Å²) in [6.07, 6.45) is 3.09. The Morgan fingerprint density at radius 2 is 1.97 bits per heavy atom. The first-order valence-electron chi connectivity index (χ1n) is 10.2. The molecule has 29 heavy (non-hydrogen) atoms. The molecule has 0 radical (unpaired) electrons. The normalized spacial score (nSPS) is 15.2. The minimum absolute atomic E-state index is 0.167. The molecule has 152 valence electrons. The fourth-order valence-corrected chi connectivity index (χ4v) is 4.48. The van der Waals surface area contributed by atoms with Gasteiger partial charge in [-0.15, -0.1) is 21.5 Å². The predicted molar refractivity (Wildman–Crippen MR) is 113 cm³/mol. The van der Waals surface area contributed by atoms with Crippen molar-refractivity contribution in [3.63, 3.8) is 0 Å². The second-order valence-electron chi connectivity index (χ2n) is 7.29. The summed E-state index contributed by atoms with van der Waals surface area (Å²) < 4.78 is 5.92. The van der Waals surface area contributed by atoms with Crippen LogP contribution in [0.25, 0.3) is 10.8 Å². The first-order valence-corrected chi connectivity index (χ1v) is 11.1. The number of benzene rings is 1. The van der Waals surface area contributed by atoms with E-state index in [-0.39, 0.29) is 11.9 Å². The smallest absolute Gasteiger partial charge is 0.257 e. The van der Waals surface area contributed by atoms with Gasteiger partial charge in [-0.1, -0.05) is 43.3 Å². The monoisotopic (exact) mass is 410 g/mol. The van der Waals surface area contributed by atoms with E-state index in [1.165, 1.54) is 0 Å². The molecule has 1 aromatic carbocycles. The summed E-state index contributed by atoms with van der Waals surface area (Å²) in [5, 5.41) is 10.4. The van der Waals surface area contributed by atoms with Gasteiger partial charge in [0.2, 0.25) is 11.8 Å². The van der Waals surface area contributed by atoms with Gasteiger partial charge in [0.1, 0.15) is 6.04 Å². The highest BCUT2D eigenvalue weighted by Crippen LogP contribution is 2.28. The number of hydrogen-bond acceptors (Lipinski definition) is 6. The van der Waals surface area contributed by atoms with Gasteiger partial charge in [0, 0.05) is 13.1 Å². The molecule has 0 spiro atoms. The van der Waals surface area contributed by atoms with Gasteiger partial charge >= 0.3 is 0 Å². The number of likely N-dealkylation sites (tertiary alicyclic amines) is 1. The van der Waals surface area contributed by atoms with Crippen LogP contribution in [-0.2, 0) is 11.3 Å². The summed E-state index contributed by atoms with van der Waals surface area (Å²) in [6, 6.07) is 13.6. The lowest BCUT2D eigenvalue weighted by Crippen LogP contribution is -2.42. The van der Waals surface area contributed by atoms with Crippen molar-refractivity contribution in [2.45, 2.75) is 38.8 Å². The number of thiophene rings is 1. The van der Waals surface area contributed by atoms with Gasteiger partial charge in [-0.3, -0.25) is 9.69 Å². The van der Waals surface area contributed by atoms with Crippen molar-refractivity contribution in [1.29, 1.82) is 0 Å². The second-order valence-corrected chi connectivity index (χ2v) is 8.24. The van der Waals surface area contributed by atoms with E-state index in [0.717, 1.165) is 49.3 Å². The third-order valence-corrected chi connectivity index (χ3v) is 6.04. The highest BCUT2D eigenvalue weighted by atomic mass is 32.1. The molecule has 1 fully saturated rings. The molecule has 1 saturated heterocycles. The molecule has 1 amide bonds. The van der Waals surface area contributed by atoms with Crippen molar-refractivity contribution in [1.82, 2.24) is 20.0 Å². The van der Waals surface area contributed by atoms with E-state index < -0.39 is 0 Å². The maximum atomic E-state index is 13.5. The van der Waals surface area contributed by atoms with Crippen molar-refractivity contribution >= 4 is 17.2 Å². The van der Waals surface area contributed by atoms with Gasteiger partial charge in [-0.25, -0.2) is 0 Å². The van der Waals surface area contributed by atoms with Gasteiger partial charge in [0.25, 0.3) is 5.89 Å². The Morgan fingerprint density at radius 1 is 1.17 bits per heavy atom. The molecule has 1 atom stereocenters. The van der Waals surface area contributed by atoms with E-state index >= 15 is 0 Å². The Morgan fingerprint density at radius 3 is 2.66 bits per heavy atom. The van der Waals surface area contributed by atoms with Gasteiger partial charge in [-0.2, -0.15) is 0 Å². The molecular weight excluding hydrogens is 384 g/mol. The highest BCUT2D eigenvalue weighted by molar-refractivity contribution is 7.13. The molecule has 3 aromatic rings. The molecule has 4 rings (SSSR count). The van der Waals surface area contributed by atoms with Crippen LogP contribution in [0.5, 0.6) is 0 Å². The quantitative estimate of drug-likeness (QED) is 0.552. The fourth-order valence-electron chi connectivity index (χ4n) is 3.83. The SMILES string of the molecule is CCCN(Cc1nnc(-c2cccs2)o1)[C@H](C(=O)N1CCCC1)c1ccccc1. The molecule has 3 heterocycles. The van der Waals surface area contributed by atoms with Crippen LogP contribution < -0.4 is 0 Å². The maximum absolute atomic E-state index is 13.5. The summed E-state index contributed by atoms with van der Waals surface area (Å²) in [5.41, 5.74) is 1.01. The summed E-state index contributed by atoms with van der Waals surface area (Å²) in [7, 11) is 0. The lowest BCUT2D eigenvalue weighted by Gasteiger charge is -2.32. The number of carbonyl (C=O) groups is 1. The topological polar surface area (TPSA) is 62.5 Å². The Bertz CT molecular complexity index is 904. The summed E-state index contributed by atoms with van der Waals surface area (Å²) in [6.45, 7) is 5.03. The lowest BCUT2D eigenvalue weighted by atomic mass is 10.0. The lowest BCUT2D eigenvalue weighted by molar-refractivity contribution is -0.136. The zero-order valence-electron chi connectivity index (χ0n) is 16.7. The highest BCUT2D eigenvalue weighted by Gasteiger charge is 2.33. The maximum Gasteiger partial charge on any atom is 0.257 e. The molecular formula is C22H26N4O2S. The Balaban J connectivity index is 1.61. The van der Waals surface area contributed by atoms with Crippen LogP contribution in [-0.4, -0.2) is 45.5 Å². The molecule has 7 heteroatoms. The molecule has 1 aliphatic rings. The average Bonchev–Trinajstić information content (AvgIpc) is 3.50. The van der Waals surface area contributed by atoms with Crippen LogP contribution in [0.2, 0.25) is 0 Å². The summed E-state index contributed by atoms with van der Waals surface area (Å²) in [4.78, 5) is 18.6. The molecule has 0 saturated carbocycles. The van der Waals surface area contributed by atoms with E-state index in [1.807, 2.05) is 52.7 Å². The number of rotatable bonds is 8. The van der Waals surface area contributed by atoms with Gasteiger partial charge in [-0.05, 0) is 42.8 Å². The van der Waals surface area contributed by atoms with Gasteiger partial charge in [0.15, 0.2) is 0 Å². The Kier molecular flexibility index (Phi) is 6.36. The molecule has 0 bridgehead atoms. The first-order chi connectivity index (χ1) is 14.3. The molecule has 0 aliphatic carbocycles. The van der Waals surface area contributed by atoms with Gasteiger partial charge < -0.3 is 9.32 Å². The molecule has 1 aliphatic heterocycles. The number of aromatic nitrogens is 2. The zero-order valence-corrected chi connectivity index (χ0v) is 17.5. The van der Waals surface area contributed by atoms with E-state index in [2.05, 4.69) is 22.0 Å². The summed E-state index contributed by atoms with van der Waals surface area (Å²) >= 11 is 1.57. The third-order valence-electron chi connectivity index (χ3n) is 5.18. The predicted octanol–water partition coefficient (Wildman–Crippen LogP) is 4.37. The zero-order chi connectivity index (χ0) is 20.1. The molecule has 2 aromatic heterocycles. The van der Waals surface area contributed by atoms with Crippen molar-refractivity contribution in [2.75, 3.05) is 19.6 Å². The van der Waals surface area contributed by atoms with Gasteiger partial charge in [0.05, 0.1) is 11.4 Å². The van der Waals surface area contributed by atoms with E-state index in [4.69, 9.17) is 4.42 Å². The summed E-state index contributed by atoms with van der Waals surface area (Å²) in [5.74, 6) is 1.24. The van der Waals surface area contributed by atoms with Crippen LogP contribution in [0.15, 0.2) is 52.3 Å². The number of hydrogen-bond donors (Lipinski definition) is 0. The van der Waals surface area contributed by atoms with Crippen molar-refractivity contribution in [3.8, 4) is 10.8 Å². The van der Waals surface area contributed by atoms with Crippen LogP contribution in [0.3, 0.4) is 0 Å². The molecule has 6 nitrogen and oxygen atoms in total. The Hall–Kier alpha value is -2.51. The van der Waals surface area contributed by atoms with Crippen molar-refractivity contribution in [3.05, 3.63) is 59.3 Å². The Labute approximate surface area is 175 Å². The van der Waals surface area contributed by atoms with E-state index in [1.54, 1.807) is 11.3 Å². The van der Waals surface area contributed by atoms with Crippen LogP contribution in [0, 0.1) is 0 Å². The molecule has 0 unspecified atom stereocenters. The third kappa shape index (κ3) is 4.57. The largest absolute Gasteiger partial charge is 0.419 e. The van der Waals surface area contributed by atoms with Crippen LogP contribution in [0.4, 0.5) is 0 Å².